The number of hydrogen-bond acceptors (Lipinski definition) is 6. The Labute approximate surface area is 245 Å². The lowest BCUT2D eigenvalue weighted by Crippen LogP contribution is -2.34. The Morgan fingerprint density at radius 1 is 1.22 bits per heavy atom. The van der Waals surface area contributed by atoms with Crippen LogP contribution in [0.5, 0.6) is 0 Å². The number of rotatable bonds is 16. The zero-order valence-corrected chi connectivity index (χ0v) is 25.5. The van der Waals surface area contributed by atoms with Crippen LogP contribution >= 0.6 is 0 Å². The molecule has 0 saturated carbocycles. The van der Waals surface area contributed by atoms with Crippen LogP contribution in [0.15, 0.2) is 94.9 Å². The average Bonchev–Trinajstić information content (AvgIpc) is 2.93. The Balaban J connectivity index is 3.11. The van der Waals surface area contributed by atoms with Gasteiger partial charge in [0.1, 0.15) is 12.4 Å². The average molecular weight is 564 g/mol. The lowest BCUT2D eigenvalue weighted by molar-refractivity contribution is -0.112. The predicted molar refractivity (Wildman–Crippen MR) is 173 cm³/mol. The van der Waals surface area contributed by atoms with E-state index in [1.165, 1.54) is 18.7 Å². The normalized spacial score (nSPS) is 14.1. The summed E-state index contributed by atoms with van der Waals surface area (Å²) in [5, 5.41) is 14.8. The monoisotopic (exact) mass is 563 g/mol. The summed E-state index contributed by atoms with van der Waals surface area (Å²) in [7, 11) is 0. The van der Waals surface area contributed by atoms with Crippen LogP contribution < -0.4 is 16.4 Å². The summed E-state index contributed by atoms with van der Waals surface area (Å²) in [5.41, 5.74) is 9.11. The van der Waals surface area contributed by atoms with Crippen LogP contribution in [0.3, 0.4) is 0 Å². The van der Waals surface area contributed by atoms with Crippen LogP contribution in [0.1, 0.15) is 60.5 Å². The molecule has 0 aliphatic heterocycles. The molecule has 8 heteroatoms. The molecule has 1 rings (SSSR count). The van der Waals surface area contributed by atoms with Crippen molar-refractivity contribution in [3.63, 3.8) is 0 Å². The highest BCUT2D eigenvalue weighted by Crippen LogP contribution is 2.27. The molecule has 1 amide bonds. The number of benzene rings is 1. The van der Waals surface area contributed by atoms with Gasteiger partial charge in [-0.15, -0.1) is 0 Å². The summed E-state index contributed by atoms with van der Waals surface area (Å²) in [6.45, 7) is 16.8. The number of carbonyl (C=O) groups is 1. The number of ether oxygens (including phenoxy) is 1. The minimum atomic E-state index is -1.64. The third-order valence-corrected chi connectivity index (χ3v) is 5.70. The zero-order chi connectivity index (χ0) is 31.0. The van der Waals surface area contributed by atoms with Gasteiger partial charge in [-0.05, 0) is 71.7 Å². The Hall–Kier alpha value is -4.04. The first-order chi connectivity index (χ1) is 19.3. The van der Waals surface area contributed by atoms with Crippen LogP contribution in [0.4, 0.5) is 15.8 Å². The summed E-state index contributed by atoms with van der Waals surface area (Å²) in [5.74, 6) is 0.0895. The second kappa shape index (κ2) is 17.6. The number of carbonyl (C=O) groups excluding carboxylic acids is 1. The maximum Gasteiger partial charge on any atom is 0.252 e. The van der Waals surface area contributed by atoms with Crippen molar-refractivity contribution in [2.24, 2.45) is 10.7 Å². The number of allylic oxidation sites excluding steroid dienone is 6. The van der Waals surface area contributed by atoms with Crippen molar-refractivity contribution in [3.05, 3.63) is 95.5 Å². The molecule has 0 heterocycles. The Morgan fingerprint density at radius 3 is 2.51 bits per heavy atom. The van der Waals surface area contributed by atoms with E-state index in [9.17, 15) is 9.18 Å². The van der Waals surface area contributed by atoms with Crippen LogP contribution in [0.25, 0.3) is 0 Å². The van der Waals surface area contributed by atoms with Gasteiger partial charge >= 0.3 is 0 Å². The molecule has 0 bridgehead atoms. The minimum absolute atomic E-state index is 0.151. The Kier molecular flexibility index (Phi) is 15.0. The quantitative estimate of drug-likeness (QED) is 0.0725. The highest BCUT2D eigenvalue weighted by atomic mass is 19.1. The van der Waals surface area contributed by atoms with Crippen molar-refractivity contribution in [1.29, 1.82) is 5.41 Å². The third kappa shape index (κ3) is 13.2. The Morgan fingerprint density at radius 2 is 1.90 bits per heavy atom. The van der Waals surface area contributed by atoms with Gasteiger partial charge in [0.05, 0.1) is 5.69 Å². The minimum Gasteiger partial charge on any atom is -0.490 e. The van der Waals surface area contributed by atoms with E-state index in [0.29, 0.717) is 47.0 Å². The van der Waals surface area contributed by atoms with Crippen molar-refractivity contribution in [2.75, 3.05) is 30.3 Å². The number of alkyl halides is 1. The highest BCUT2D eigenvalue weighted by molar-refractivity contribution is 6.12. The summed E-state index contributed by atoms with van der Waals surface area (Å²) in [4.78, 5) is 17.4. The molecule has 1 atom stereocenters. The molecule has 0 fully saturated rings. The molecule has 0 spiro atoms. The predicted octanol–water partition coefficient (Wildman–Crippen LogP) is 7.42. The number of anilines is 2. The Bertz CT molecular complexity index is 1260. The summed E-state index contributed by atoms with van der Waals surface area (Å²) in [6, 6.07) is 5.49. The molecule has 41 heavy (non-hydrogen) atoms. The number of aliphatic imine (C=N–C) groups is 1. The van der Waals surface area contributed by atoms with Crippen molar-refractivity contribution in [2.45, 2.75) is 60.6 Å². The topological polar surface area (TPSA) is 113 Å². The molecule has 1 unspecified atom stereocenters. The van der Waals surface area contributed by atoms with E-state index in [0.717, 1.165) is 11.3 Å². The molecule has 222 valence electrons. The summed E-state index contributed by atoms with van der Waals surface area (Å²) in [6.07, 6.45) is 13.0. The molecule has 0 radical (unpaired) electrons. The van der Waals surface area contributed by atoms with Crippen molar-refractivity contribution in [3.8, 4) is 0 Å². The van der Waals surface area contributed by atoms with Crippen molar-refractivity contribution < 1.29 is 13.9 Å². The van der Waals surface area contributed by atoms with Gasteiger partial charge in [0.15, 0.2) is 5.67 Å². The van der Waals surface area contributed by atoms with E-state index in [1.807, 2.05) is 58.1 Å². The van der Waals surface area contributed by atoms with Crippen LogP contribution in [-0.2, 0) is 9.53 Å². The second-order valence-corrected chi connectivity index (χ2v) is 10.2. The molecule has 1 aromatic carbocycles. The van der Waals surface area contributed by atoms with Gasteiger partial charge in [-0.1, -0.05) is 49.4 Å². The number of hydrogen-bond donors (Lipinski definition) is 4. The first-order valence-corrected chi connectivity index (χ1v) is 13.7. The standard InChI is InChI=1S/C33H46FN5O2/c1-9-13-27(41-22-33(8,34)21-35)18-26(7)37-20-25(6)32(40)39-30-17-12-16-29(31(30)28(36)10-2)38-19-24(5)15-11-14-23(3)4/h9,11-18,20,36,38H,5,10,19,21-22,35H2,1-4,6-8H3,(H,39,40). The molecule has 1 aromatic rings. The number of amides is 1. The SMILES string of the molecule is C=C(C=CC=C(C)C)CNc1cccc(NC(=O)C(C)=CN=C(C)C=C(C=CC)OCC(C)(F)CN)c1C(=N)CC. The maximum absolute atomic E-state index is 14.1. The third-order valence-electron chi connectivity index (χ3n) is 5.70. The number of nitrogens with zero attached hydrogens (tertiary/aromatic N) is 1. The zero-order valence-electron chi connectivity index (χ0n) is 25.5. The fourth-order valence-electron chi connectivity index (χ4n) is 3.27. The summed E-state index contributed by atoms with van der Waals surface area (Å²) < 4.78 is 19.7. The van der Waals surface area contributed by atoms with Crippen LogP contribution in [0, 0.1) is 5.41 Å². The molecule has 0 aliphatic rings. The van der Waals surface area contributed by atoms with Gasteiger partial charge in [-0.2, -0.15) is 0 Å². The molecular weight excluding hydrogens is 517 g/mol. The van der Waals surface area contributed by atoms with Gasteiger partial charge in [0, 0.05) is 53.6 Å². The smallest absolute Gasteiger partial charge is 0.252 e. The van der Waals surface area contributed by atoms with E-state index < -0.39 is 5.67 Å². The number of halogens is 1. The fraction of sp³-hybridized carbons (Fsp3) is 0.364. The van der Waals surface area contributed by atoms with Crippen LogP contribution in [-0.4, -0.2) is 42.7 Å². The van der Waals surface area contributed by atoms with E-state index in [2.05, 4.69) is 22.2 Å². The molecule has 7 nitrogen and oxygen atoms in total. The molecule has 0 saturated heterocycles. The first-order valence-electron chi connectivity index (χ1n) is 13.7. The van der Waals surface area contributed by atoms with E-state index >= 15 is 0 Å². The van der Waals surface area contributed by atoms with E-state index in [-0.39, 0.29) is 19.1 Å². The number of nitrogens with one attached hydrogen (secondary N) is 3. The first kappa shape index (κ1) is 35.0. The number of nitrogens with two attached hydrogens (primary N) is 1. The van der Waals surface area contributed by atoms with Gasteiger partial charge in [-0.25, -0.2) is 4.39 Å². The maximum atomic E-state index is 14.1. The van der Waals surface area contributed by atoms with Gasteiger partial charge in [-0.3, -0.25) is 9.79 Å². The van der Waals surface area contributed by atoms with Crippen LogP contribution in [0.2, 0.25) is 0 Å². The lowest BCUT2D eigenvalue weighted by atomic mass is 10.0. The van der Waals surface area contributed by atoms with Gasteiger partial charge < -0.3 is 26.5 Å². The van der Waals surface area contributed by atoms with E-state index in [4.69, 9.17) is 15.9 Å². The largest absolute Gasteiger partial charge is 0.490 e. The van der Waals surface area contributed by atoms with E-state index in [1.54, 1.807) is 38.1 Å². The molecule has 0 aromatic heterocycles. The van der Waals surface area contributed by atoms with Gasteiger partial charge in [0.2, 0.25) is 0 Å². The van der Waals surface area contributed by atoms with Gasteiger partial charge in [0.25, 0.3) is 5.91 Å². The molecule has 5 N–H and O–H groups in total. The lowest BCUT2D eigenvalue weighted by Gasteiger charge is -2.18. The summed E-state index contributed by atoms with van der Waals surface area (Å²) >= 11 is 0. The molecule has 0 aliphatic carbocycles. The second-order valence-electron chi connectivity index (χ2n) is 10.2. The molecular formula is C33H46FN5O2. The fourth-order valence-corrected chi connectivity index (χ4v) is 3.27. The van der Waals surface area contributed by atoms with Crippen molar-refractivity contribution in [1.82, 2.24) is 0 Å². The highest BCUT2D eigenvalue weighted by Gasteiger charge is 2.22. The van der Waals surface area contributed by atoms with Crippen molar-refractivity contribution >= 4 is 28.7 Å².